The van der Waals surface area contributed by atoms with Crippen molar-refractivity contribution in [3.05, 3.63) is 60.2 Å². The first-order valence-corrected chi connectivity index (χ1v) is 4.83. The molecule has 2 aromatic rings. The molecule has 0 unspecified atom stereocenters. The van der Waals surface area contributed by atoms with Gasteiger partial charge >= 0.3 is 5.97 Å². The van der Waals surface area contributed by atoms with E-state index in [-0.39, 0.29) is 0 Å². The fourth-order valence-electron chi connectivity index (χ4n) is 1.58. The molecular formula is C13H10O3. The molecule has 16 heavy (non-hydrogen) atoms. The standard InChI is InChI=1S/C13H10O3/c14-13(16-15)12-9-5-4-8-11(12)10-6-2-1-3-7-10/h1-9,15H. The molecule has 0 aromatic heterocycles. The van der Waals surface area contributed by atoms with Gasteiger partial charge in [0.25, 0.3) is 0 Å². The Balaban J connectivity index is 2.53. The lowest BCUT2D eigenvalue weighted by Gasteiger charge is -2.06. The van der Waals surface area contributed by atoms with Gasteiger partial charge in [0.2, 0.25) is 0 Å². The van der Waals surface area contributed by atoms with Gasteiger partial charge in [-0.25, -0.2) is 4.79 Å². The van der Waals surface area contributed by atoms with Crippen LogP contribution in [0.15, 0.2) is 54.6 Å². The zero-order chi connectivity index (χ0) is 11.4. The highest BCUT2D eigenvalue weighted by molar-refractivity contribution is 5.96. The summed E-state index contributed by atoms with van der Waals surface area (Å²) in [4.78, 5) is 15.1. The second kappa shape index (κ2) is 4.59. The van der Waals surface area contributed by atoms with Crippen LogP contribution in [0.25, 0.3) is 11.1 Å². The maximum atomic E-state index is 11.3. The predicted molar refractivity (Wildman–Crippen MR) is 59.9 cm³/mol. The van der Waals surface area contributed by atoms with Crippen molar-refractivity contribution in [1.82, 2.24) is 0 Å². The molecule has 0 bridgehead atoms. The van der Waals surface area contributed by atoms with Crippen molar-refractivity contribution in [3.63, 3.8) is 0 Å². The summed E-state index contributed by atoms with van der Waals surface area (Å²) in [5.41, 5.74) is 1.99. The van der Waals surface area contributed by atoms with E-state index in [4.69, 9.17) is 5.26 Å². The van der Waals surface area contributed by atoms with Crippen LogP contribution in [0.2, 0.25) is 0 Å². The molecule has 0 atom stereocenters. The topological polar surface area (TPSA) is 46.5 Å². The van der Waals surface area contributed by atoms with E-state index in [0.717, 1.165) is 11.1 Å². The van der Waals surface area contributed by atoms with Crippen LogP contribution in [-0.2, 0) is 4.89 Å². The van der Waals surface area contributed by atoms with E-state index >= 15 is 0 Å². The van der Waals surface area contributed by atoms with Gasteiger partial charge in [-0.15, -0.1) is 0 Å². The van der Waals surface area contributed by atoms with Crippen molar-refractivity contribution >= 4 is 5.97 Å². The lowest BCUT2D eigenvalue weighted by molar-refractivity contribution is -0.182. The molecule has 0 aliphatic rings. The van der Waals surface area contributed by atoms with Crippen LogP contribution in [0.4, 0.5) is 0 Å². The van der Waals surface area contributed by atoms with Gasteiger partial charge in [-0.2, -0.15) is 5.26 Å². The van der Waals surface area contributed by atoms with Crippen LogP contribution >= 0.6 is 0 Å². The van der Waals surface area contributed by atoms with E-state index < -0.39 is 5.97 Å². The molecular weight excluding hydrogens is 204 g/mol. The molecule has 1 N–H and O–H groups in total. The second-order valence-electron chi connectivity index (χ2n) is 3.29. The molecule has 3 nitrogen and oxygen atoms in total. The van der Waals surface area contributed by atoms with Gasteiger partial charge < -0.3 is 0 Å². The molecule has 0 aliphatic carbocycles. The third-order valence-electron chi connectivity index (χ3n) is 2.31. The minimum Gasteiger partial charge on any atom is -0.295 e. The molecule has 0 radical (unpaired) electrons. The van der Waals surface area contributed by atoms with Crippen molar-refractivity contribution in [2.75, 3.05) is 0 Å². The smallest absolute Gasteiger partial charge is 0.295 e. The number of benzene rings is 2. The number of hydrogen-bond acceptors (Lipinski definition) is 3. The summed E-state index contributed by atoms with van der Waals surface area (Å²) < 4.78 is 0. The Morgan fingerprint density at radius 2 is 1.56 bits per heavy atom. The highest BCUT2D eigenvalue weighted by Crippen LogP contribution is 2.23. The predicted octanol–water partition coefficient (Wildman–Crippen LogP) is 2.98. The Labute approximate surface area is 92.9 Å². The minimum absolute atomic E-state index is 0.344. The van der Waals surface area contributed by atoms with Crippen molar-refractivity contribution < 1.29 is 14.9 Å². The molecule has 0 saturated carbocycles. The highest BCUT2D eigenvalue weighted by Gasteiger charge is 2.12. The van der Waals surface area contributed by atoms with E-state index in [2.05, 4.69) is 4.89 Å². The van der Waals surface area contributed by atoms with Crippen LogP contribution in [-0.4, -0.2) is 11.2 Å². The molecule has 2 rings (SSSR count). The van der Waals surface area contributed by atoms with Crippen LogP contribution in [0.5, 0.6) is 0 Å². The quantitative estimate of drug-likeness (QED) is 0.617. The van der Waals surface area contributed by atoms with E-state index in [0.29, 0.717) is 5.56 Å². The van der Waals surface area contributed by atoms with E-state index in [1.165, 1.54) is 0 Å². The minimum atomic E-state index is -0.751. The second-order valence-corrected chi connectivity index (χ2v) is 3.29. The third kappa shape index (κ3) is 1.94. The first-order valence-electron chi connectivity index (χ1n) is 4.83. The Kier molecular flexibility index (Phi) is 2.98. The molecule has 2 aromatic carbocycles. The first-order chi connectivity index (χ1) is 7.83. The average Bonchev–Trinajstić information content (AvgIpc) is 2.39. The fraction of sp³-hybridized carbons (Fsp3) is 0. The Bertz CT molecular complexity index is 492. The lowest BCUT2D eigenvalue weighted by atomic mass is 10.00. The van der Waals surface area contributed by atoms with Crippen molar-refractivity contribution in [2.45, 2.75) is 0 Å². The van der Waals surface area contributed by atoms with Crippen LogP contribution in [0.3, 0.4) is 0 Å². The SMILES string of the molecule is O=C(OO)c1ccccc1-c1ccccc1. The maximum Gasteiger partial charge on any atom is 0.373 e. The highest BCUT2D eigenvalue weighted by atomic mass is 17.1. The van der Waals surface area contributed by atoms with E-state index in [1.807, 2.05) is 42.5 Å². The molecule has 0 amide bonds. The summed E-state index contributed by atoms with van der Waals surface area (Å²) >= 11 is 0. The molecule has 0 heterocycles. The maximum absolute atomic E-state index is 11.3. The number of carbonyl (C=O) groups is 1. The molecule has 0 saturated heterocycles. The summed E-state index contributed by atoms with van der Waals surface area (Å²) in [7, 11) is 0. The summed E-state index contributed by atoms with van der Waals surface area (Å²) in [5.74, 6) is -0.751. The number of hydrogen-bond donors (Lipinski definition) is 1. The monoisotopic (exact) mass is 214 g/mol. The van der Waals surface area contributed by atoms with Crippen molar-refractivity contribution in [1.29, 1.82) is 0 Å². The molecule has 0 fully saturated rings. The Morgan fingerprint density at radius 1 is 0.938 bits per heavy atom. The van der Waals surface area contributed by atoms with Gasteiger partial charge in [0.15, 0.2) is 0 Å². The van der Waals surface area contributed by atoms with Gasteiger partial charge in [0.05, 0.1) is 5.56 Å². The van der Waals surface area contributed by atoms with Gasteiger partial charge in [0, 0.05) is 0 Å². The van der Waals surface area contributed by atoms with Crippen molar-refractivity contribution in [2.24, 2.45) is 0 Å². The zero-order valence-electron chi connectivity index (χ0n) is 8.46. The van der Waals surface area contributed by atoms with Crippen molar-refractivity contribution in [3.8, 4) is 11.1 Å². The molecule has 0 aliphatic heterocycles. The van der Waals surface area contributed by atoms with Gasteiger partial charge in [-0.05, 0) is 17.2 Å². The fourth-order valence-corrected chi connectivity index (χ4v) is 1.58. The van der Waals surface area contributed by atoms with E-state index in [1.54, 1.807) is 12.1 Å². The Hall–Kier alpha value is -2.13. The third-order valence-corrected chi connectivity index (χ3v) is 2.31. The summed E-state index contributed by atoms with van der Waals surface area (Å²) in [6.45, 7) is 0. The van der Waals surface area contributed by atoms with Gasteiger partial charge in [-0.3, -0.25) is 4.89 Å². The van der Waals surface area contributed by atoms with E-state index in [9.17, 15) is 4.79 Å². The number of rotatable bonds is 2. The number of carbonyl (C=O) groups excluding carboxylic acids is 1. The first kappa shape index (κ1) is 10.4. The molecule has 0 spiro atoms. The summed E-state index contributed by atoms with van der Waals surface area (Å²) in [5, 5.41) is 8.41. The summed E-state index contributed by atoms with van der Waals surface area (Å²) in [6, 6.07) is 16.4. The molecule has 3 heteroatoms. The average molecular weight is 214 g/mol. The lowest BCUT2D eigenvalue weighted by Crippen LogP contribution is -2.03. The molecule has 80 valence electrons. The van der Waals surface area contributed by atoms with Gasteiger partial charge in [0.1, 0.15) is 0 Å². The largest absolute Gasteiger partial charge is 0.373 e. The Morgan fingerprint density at radius 3 is 2.25 bits per heavy atom. The normalized spacial score (nSPS) is 9.81. The summed E-state index contributed by atoms with van der Waals surface area (Å²) in [6.07, 6.45) is 0. The van der Waals surface area contributed by atoms with Crippen LogP contribution in [0, 0.1) is 0 Å². The zero-order valence-corrected chi connectivity index (χ0v) is 8.46. The van der Waals surface area contributed by atoms with Gasteiger partial charge in [-0.1, -0.05) is 48.5 Å². The van der Waals surface area contributed by atoms with Crippen LogP contribution < -0.4 is 0 Å². The van der Waals surface area contributed by atoms with Crippen LogP contribution in [0.1, 0.15) is 10.4 Å².